The van der Waals surface area contributed by atoms with Crippen LogP contribution in [-0.2, 0) is 10.0 Å². The Hall–Kier alpha value is -3.33. The summed E-state index contributed by atoms with van der Waals surface area (Å²) in [7, 11) is 0.466. The molecule has 0 fully saturated rings. The Kier molecular flexibility index (Phi) is 5.65. The van der Waals surface area contributed by atoms with Crippen molar-refractivity contribution in [2.75, 3.05) is 26.1 Å². The van der Waals surface area contributed by atoms with Crippen LogP contribution in [0.3, 0.4) is 0 Å². The van der Waals surface area contributed by atoms with E-state index in [1.165, 1.54) is 33.5 Å². The third-order valence-electron chi connectivity index (χ3n) is 3.92. The van der Waals surface area contributed by atoms with Gasteiger partial charge in [0.15, 0.2) is 0 Å². The van der Waals surface area contributed by atoms with Crippen molar-refractivity contribution in [3.8, 4) is 28.6 Å². The van der Waals surface area contributed by atoms with Crippen LogP contribution in [0.2, 0.25) is 0 Å². The molecule has 2 aromatic carbocycles. The van der Waals surface area contributed by atoms with Gasteiger partial charge in [-0.25, -0.2) is 8.42 Å². The minimum absolute atomic E-state index is 0.0241. The average Bonchev–Trinajstić information content (AvgIpc) is 2.73. The fourth-order valence-electron chi connectivity index (χ4n) is 2.53. The van der Waals surface area contributed by atoms with Crippen LogP contribution in [0.1, 0.15) is 0 Å². The van der Waals surface area contributed by atoms with E-state index < -0.39 is 10.0 Å². The molecule has 1 N–H and O–H groups in total. The number of methoxy groups -OCH3 is 3. The van der Waals surface area contributed by atoms with Gasteiger partial charge in [0.05, 0.1) is 27.0 Å². The number of rotatable bonds is 7. The van der Waals surface area contributed by atoms with E-state index in [4.69, 9.17) is 14.2 Å². The van der Waals surface area contributed by atoms with Crippen LogP contribution in [0.4, 0.5) is 5.69 Å². The van der Waals surface area contributed by atoms with E-state index in [-0.39, 0.29) is 10.6 Å². The molecule has 0 aliphatic heterocycles. The van der Waals surface area contributed by atoms with Gasteiger partial charge in [0.25, 0.3) is 10.0 Å². The molecule has 0 saturated carbocycles. The molecule has 0 aliphatic rings. The van der Waals surface area contributed by atoms with Crippen LogP contribution in [-0.4, -0.2) is 39.9 Å². The van der Waals surface area contributed by atoms with Gasteiger partial charge in [-0.05, 0) is 30.3 Å². The minimum atomic E-state index is -3.91. The Bertz CT molecular complexity index is 1070. The fourth-order valence-corrected chi connectivity index (χ4v) is 3.76. The van der Waals surface area contributed by atoms with Gasteiger partial charge >= 0.3 is 0 Å². The summed E-state index contributed by atoms with van der Waals surface area (Å²) in [4.78, 5) is -0.0241. The lowest BCUT2D eigenvalue weighted by molar-refractivity contribution is 0.392. The zero-order valence-electron chi connectivity index (χ0n) is 15.5. The van der Waals surface area contributed by atoms with Crippen LogP contribution in [0.5, 0.6) is 17.4 Å². The monoisotopic (exact) mass is 401 g/mol. The molecule has 1 aromatic heterocycles. The first-order valence-electron chi connectivity index (χ1n) is 8.20. The number of nitrogens with one attached hydrogen (secondary N) is 1. The average molecular weight is 401 g/mol. The summed E-state index contributed by atoms with van der Waals surface area (Å²) >= 11 is 0. The summed E-state index contributed by atoms with van der Waals surface area (Å²) in [6.45, 7) is 0. The van der Waals surface area contributed by atoms with Crippen LogP contribution in [0, 0.1) is 0 Å². The van der Waals surface area contributed by atoms with E-state index in [9.17, 15) is 8.42 Å². The third kappa shape index (κ3) is 4.15. The maximum Gasteiger partial charge on any atom is 0.265 e. The second-order valence-electron chi connectivity index (χ2n) is 5.66. The van der Waals surface area contributed by atoms with E-state index in [1.807, 2.05) is 0 Å². The summed E-state index contributed by atoms with van der Waals surface area (Å²) < 4.78 is 43.6. The molecule has 8 nitrogen and oxygen atoms in total. The minimum Gasteiger partial charge on any atom is -0.497 e. The molecule has 0 atom stereocenters. The molecule has 1 heterocycles. The van der Waals surface area contributed by atoms with Crippen molar-refractivity contribution in [1.29, 1.82) is 0 Å². The molecule has 3 rings (SSSR count). The van der Waals surface area contributed by atoms with E-state index in [0.717, 1.165) is 0 Å². The fraction of sp³-hybridized carbons (Fsp3) is 0.158. The number of sulfonamides is 1. The van der Waals surface area contributed by atoms with Gasteiger partial charge in [0.2, 0.25) is 5.88 Å². The Morgan fingerprint density at radius 3 is 2.32 bits per heavy atom. The van der Waals surface area contributed by atoms with Crippen molar-refractivity contribution >= 4 is 15.7 Å². The number of hydrogen-bond acceptors (Lipinski definition) is 7. The normalized spacial score (nSPS) is 11.0. The van der Waals surface area contributed by atoms with Crippen molar-refractivity contribution < 1.29 is 22.6 Å². The van der Waals surface area contributed by atoms with Gasteiger partial charge < -0.3 is 14.2 Å². The predicted molar refractivity (Wildman–Crippen MR) is 104 cm³/mol. The van der Waals surface area contributed by atoms with Crippen molar-refractivity contribution in [2.24, 2.45) is 0 Å². The molecule has 0 spiro atoms. The Morgan fingerprint density at radius 1 is 0.857 bits per heavy atom. The SMILES string of the molecule is COc1ccc(OC)c(S(=O)(=O)Nc2cccc(-c3ccc(OC)nn3)c2)c1. The number of nitrogens with zero attached hydrogens (tertiary/aromatic N) is 2. The highest BCUT2D eigenvalue weighted by atomic mass is 32.2. The van der Waals surface area contributed by atoms with Crippen LogP contribution in [0.25, 0.3) is 11.3 Å². The number of aromatic nitrogens is 2. The summed E-state index contributed by atoms with van der Waals surface area (Å²) in [6.07, 6.45) is 0. The Morgan fingerprint density at radius 2 is 1.68 bits per heavy atom. The molecule has 3 aromatic rings. The van der Waals surface area contributed by atoms with Gasteiger partial charge in [0, 0.05) is 23.4 Å². The predicted octanol–water partition coefficient (Wildman–Crippen LogP) is 2.97. The highest BCUT2D eigenvalue weighted by Gasteiger charge is 2.21. The first-order valence-corrected chi connectivity index (χ1v) is 9.68. The largest absolute Gasteiger partial charge is 0.497 e. The number of benzene rings is 2. The smallest absolute Gasteiger partial charge is 0.265 e. The summed E-state index contributed by atoms with van der Waals surface area (Å²) in [5, 5.41) is 8.00. The second-order valence-corrected chi connectivity index (χ2v) is 7.31. The lowest BCUT2D eigenvalue weighted by atomic mass is 10.1. The molecule has 9 heteroatoms. The maximum atomic E-state index is 12.9. The number of hydrogen-bond donors (Lipinski definition) is 1. The molecule has 28 heavy (non-hydrogen) atoms. The summed E-state index contributed by atoms with van der Waals surface area (Å²) in [5.41, 5.74) is 1.66. The quantitative estimate of drug-likeness (QED) is 0.650. The first-order chi connectivity index (χ1) is 13.5. The molecule has 0 bridgehead atoms. The maximum absolute atomic E-state index is 12.9. The first kappa shape index (κ1) is 19.4. The van der Waals surface area contributed by atoms with Gasteiger partial charge in [-0.2, -0.15) is 0 Å². The highest BCUT2D eigenvalue weighted by Crippen LogP contribution is 2.30. The Balaban J connectivity index is 1.93. The van der Waals surface area contributed by atoms with Crippen molar-refractivity contribution in [2.45, 2.75) is 4.90 Å². The molecule has 146 valence electrons. The van der Waals surface area contributed by atoms with Crippen LogP contribution < -0.4 is 18.9 Å². The molecule has 0 radical (unpaired) electrons. The second kappa shape index (κ2) is 8.13. The lowest BCUT2D eigenvalue weighted by Crippen LogP contribution is -2.14. The van der Waals surface area contributed by atoms with E-state index in [0.29, 0.717) is 28.6 Å². The topological polar surface area (TPSA) is 99.6 Å². The Labute approximate surface area is 163 Å². The van der Waals surface area contributed by atoms with Crippen molar-refractivity contribution in [3.63, 3.8) is 0 Å². The number of anilines is 1. The number of ether oxygens (including phenoxy) is 3. The van der Waals surface area contributed by atoms with Crippen LogP contribution >= 0.6 is 0 Å². The van der Waals surface area contributed by atoms with Crippen molar-refractivity contribution in [1.82, 2.24) is 10.2 Å². The lowest BCUT2D eigenvalue weighted by Gasteiger charge is -2.13. The standard InChI is InChI=1S/C19H19N3O5S/c1-25-15-7-9-17(26-2)18(12-15)28(23,24)22-14-6-4-5-13(11-14)16-8-10-19(27-3)21-20-16/h4-12,22H,1-3H3. The molecular formula is C19H19N3O5S. The third-order valence-corrected chi connectivity index (χ3v) is 5.32. The summed E-state index contributed by atoms with van der Waals surface area (Å²) in [6, 6.07) is 14.8. The van der Waals surface area contributed by atoms with E-state index in [1.54, 1.807) is 42.5 Å². The van der Waals surface area contributed by atoms with Gasteiger partial charge in [-0.15, -0.1) is 10.2 Å². The zero-order chi connectivity index (χ0) is 20.1. The highest BCUT2D eigenvalue weighted by molar-refractivity contribution is 7.92. The van der Waals surface area contributed by atoms with Crippen molar-refractivity contribution in [3.05, 3.63) is 54.6 Å². The van der Waals surface area contributed by atoms with Gasteiger partial charge in [0.1, 0.15) is 16.4 Å². The van der Waals surface area contributed by atoms with E-state index >= 15 is 0 Å². The zero-order valence-corrected chi connectivity index (χ0v) is 16.4. The molecule has 0 aliphatic carbocycles. The van der Waals surface area contributed by atoms with E-state index in [2.05, 4.69) is 14.9 Å². The summed E-state index contributed by atoms with van der Waals surface area (Å²) in [5.74, 6) is 1.01. The van der Waals surface area contributed by atoms with Gasteiger partial charge in [-0.3, -0.25) is 4.72 Å². The molecule has 0 saturated heterocycles. The van der Waals surface area contributed by atoms with Crippen LogP contribution in [0.15, 0.2) is 59.5 Å². The molecular weight excluding hydrogens is 382 g/mol. The molecule has 0 amide bonds. The van der Waals surface area contributed by atoms with Gasteiger partial charge in [-0.1, -0.05) is 12.1 Å². The molecule has 0 unspecified atom stereocenters.